The van der Waals surface area contributed by atoms with Gasteiger partial charge in [0.15, 0.2) is 5.65 Å². The molecule has 0 radical (unpaired) electrons. The van der Waals surface area contributed by atoms with Crippen LogP contribution in [0, 0.1) is 0 Å². The van der Waals surface area contributed by atoms with E-state index in [0.29, 0.717) is 40.1 Å². The summed E-state index contributed by atoms with van der Waals surface area (Å²) in [5.74, 6) is 0.972. The number of nitrogen functional groups attached to an aromatic ring is 1. The predicted octanol–water partition coefficient (Wildman–Crippen LogP) is 3.46. The summed E-state index contributed by atoms with van der Waals surface area (Å²) in [5.41, 5.74) is 9.37. The van der Waals surface area contributed by atoms with Gasteiger partial charge in [-0.15, -0.1) is 5.10 Å². The van der Waals surface area contributed by atoms with Gasteiger partial charge in [-0.1, -0.05) is 48.0 Å². The van der Waals surface area contributed by atoms with Gasteiger partial charge in [0.25, 0.3) is 0 Å². The summed E-state index contributed by atoms with van der Waals surface area (Å²) in [5, 5.41) is 9.31. The number of ether oxygens (including phenoxy) is 1. The fourth-order valence-corrected chi connectivity index (χ4v) is 4.08. The van der Waals surface area contributed by atoms with Crippen molar-refractivity contribution < 1.29 is 4.74 Å². The number of benzene rings is 2. The van der Waals surface area contributed by atoms with Crippen molar-refractivity contribution in [2.24, 2.45) is 0 Å². The van der Waals surface area contributed by atoms with E-state index in [1.165, 1.54) is 0 Å². The minimum Gasteiger partial charge on any atom is -0.383 e. The second-order valence-corrected chi connectivity index (χ2v) is 7.99. The van der Waals surface area contributed by atoms with Crippen LogP contribution in [0.1, 0.15) is 0 Å². The third-order valence-corrected chi connectivity index (χ3v) is 5.84. The van der Waals surface area contributed by atoms with Gasteiger partial charge < -0.3 is 15.8 Å². The standard InChI is InChI=1S/C23H24ClN7O/c24-18-9-5-4-8-17(18)20-19-21(25)31(16-6-2-1-3-7-16)29-22(19)28-23(27-20)26-10-11-30-12-14-32-15-13-30/h1-9H,10-15,25H2,(H,26,28,29). The summed E-state index contributed by atoms with van der Waals surface area (Å²) < 4.78 is 7.11. The molecule has 0 atom stereocenters. The van der Waals surface area contributed by atoms with E-state index in [9.17, 15) is 0 Å². The van der Waals surface area contributed by atoms with Gasteiger partial charge in [0.1, 0.15) is 5.82 Å². The highest BCUT2D eigenvalue weighted by atomic mass is 35.5. The molecule has 0 bridgehead atoms. The SMILES string of the molecule is Nc1c2c(-c3ccccc3Cl)nc(NCCN3CCOCC3)nc2nn1-c1ccccc1. The summed E-state index contributed by atoms with van der Waals surface area (Å²) in [6.45, 7) is 5.01. The molecule has 4 aromatic rings. The van der Waals surface area contributed by atoms with Crippen LogP contribution < -0.4 is 11.1 Å². The molecule has 1 aliphatic heterocycles. The van der Waals surface area contributed by atoms with E-state index in [1.807, 2.05) is 54.6 Å². The Balaban J connectivity index is 1.54. The molecule has 0 saturated carbocycles. The van der Waals surface area contributed by atoms with Gasteiger partial charge in [-0.05, 0) is 18.2 Å². The first-order valence-corrected chi connectivity index (χ1v) is 11.0. The minimum atomic E-state index is 0.473. The molecule has 3 N–H and O–H groups in total. The molecule has 8 nitrogen and oxygen atoms in total. The molecule has 164 valence electrons. The summed E-state index contributed by atoms with van der Waals surface area (Å²) in [6.07, 6.45) is 0. The van der Waals surface area contributed by atoms with Gasteiger partial charge in [-0.2, -0.15) is 4.98 Å². The number of halogens is 1. The predicted molar refractivity (Wildman–Crippen MR) is 127 cm³/mol. The number of anilines is 2. The van der Waals surface area contributed by atoms with Crippen molar-refractivity contribution >= 4 is 34.4 Å². The maximum absolute atomic E-state index is 6.55. The van der Waals surface area contributed by atoms with Gasteiger partial charge in [0, 0.05) is 36.8 Å². The molecule has 1 aliphatic rings. The van der Waals surface area contributed by atoms with Crippen LogP contribution in [0.15, 0.2) is 54.6 Å². The number of nitrogens with one attached hydrogen (secondary N) is 1. The maximum atomic E-state index is 6.55. The average molecular weight is 450 g/mol. The molecule has 3 heterocycles. The number of nitrogens with two attached hydrogens (primary N) is 1. The van der Waals surface area contributed by atoms with Crippen molar-refractivity contribution in [3.63, 3.8) is 0 Å². The largest absolute Gasteiger partial charge is 0.383 e. The van der Waals surface area contributed by atoms with Gasteiger partial charge in [0.2, 0.25) is 5.95 Å². The third kappa shape index (κ3) is 4.12. The van der Waals surface area contributed by atoms with E-state index in [-0.39, 0.29) is 0 Å². The molecule has 32 heavy (non-hydrogen) atoms. The Morgan fingerprint density at radius 1 is 1.00 bits per heavy atom. The number of hydrogen-bond donors (Lipinski definition) is 2. The molecule has 5 rings (SSSR count). The van der Waals surface area contributed by atoms with Crippen LogP contribution in [0.3, 0.4) is 0 Å². The molecule has 0 amide bonds. The van der Waals surface area contributed by atoms with Crippen molar-refractivity contribution in [2.45, 2.75) is 0 Å². The number of morpholine rings is 1. The summed E-state index contributed by atoms with van der Waals surface area (Å²) in [6, 6.07) is 17.3. The zero-order valence-electron chi connectivity index (χ0n) is 17.5. The Morgan fingerprint density at radius 2 is 1.75 bits per heavy atom. The number of nitrogens with zero attached hydrogens (tertiary/aromatic N) is 5. The highest BCUT2D eigenvalue weighted by molar-refractivity contribution is 6.33. The van der Waals surface area contributed by atoms with Crippen LogP contribution in [0.5, 0.6) is 0 Å². The van der Waals surface area contributed by atoms with Crippen LogP contribution in [-0.2, 0) is 4.74 Å². The van der Waals surface area contributed by atoms with Crippen molar-refractivity contribution in [2.75, 3.05) is 50.4 Å². The summed E-state index contributed by atoms with van der Waals surface area (Å²) in [7, 11) is 0. The normalized spacial score (nSPS) is 14.7. The monoisotopic (exact) mass is 449 g/mol. The highest BCUT2D eigenvalue weighted by Crippen LogP contribution is 2.35. The molecular formula is C23H24ClN7O. The molecular weight excluding hydrogens is 426 g/mol. The second kappa shape index (κ2) is 9.12. The first kappa shape index (κ1) is 20.7. The Labute approximate surface area is 191 Å². The number of aromatic nitrogens is 4. The average Bonchev–Trinajstić information content (AvgIpc) is 3.17. The van der Waals surface area contributed by atoms with Crippen LogP contribution in [0.25, 0.3) is 28.0 Å². The topological polar surface area (TPSA) is 94.1 Å². The smallest absolute Gasteiger partial charge is 0.225 e. The van der Waals surface area contributed by atoms with E-state index >= 15 is 0 Å². The van der Waals surface area contributed by atoms with Gasteiger partial charge in [-0.25, -0.2) is 9.67 Å². The van der Waals surface area contributed by atoms with Crippen molar-refractivity contribution in [1.82, 2.24) is 24.6 Å². The van der Waals surface area contributed by atoms with Gasteiger partial charge in [0.05, 0.1) is 30.0 Å². The van der Waals surface area contributed by atoms with Crippen molar-refractivity contribution in [1.29, 1.82) is 0 Å². The molecule has 2 aromatic carbocycles. The fourth-order valence-electron chi connectivity index (χ4n) is 3.86. The maximum Gasteiger partial charge on any atom is 0.225 e. The Kier molecular flexibility index (Phi) is 5.89. The van der Waals surface area contributed by atoms with E-state index in [0.717, 1.165) is 44.1 Å². The third-order valence-electron chi connectivity index (χ3n) is 5.51. The lowest BCUT2D eigenvalue weighted by atomic mass is 10.1. The van der Waals surface area contributed by atoms with E-state index in [1.54, 1.807) is 4.68 Å². The lowest BCUT2D eigenvalue weighted by Crippen LogP contribution is -2.39. The van der Waals surface area contributed by atoms with E-state index in [4.69, 9.17) is 27.1 Å². The van der Waals surface area contributed by atoms with Crippen LogP contribution >= 0.6 is 11.6 Å². The Bertz CT molecular complexity index is 1220. The molecule has 2 aromatic heterocycles. The fraction of sp³-hybridized carbons (Fsp3) is 0.261. The number of para-hydroxylation sites is 1. The van der Waals surface area contributed by atoms with E-state index < -0.39 is 0 Å². The quantitative estimate of drug-likeness (QED) is 0.465. The molecule has 0 unspecified atom stereocenters. The van der Waals surface area contributed by atoms with Crippen LogP contribution in [-0.4, -0.2) is 64.0 Å². The number of rotatable bonds is 6. The lowest BCUT2D eigenvalue weighted by molar-refractivity contribution is 0.0398. The lowest BCUT2D eigenvalue weighted by Gasteiger charge is -2.26. The molecule has 0 spiro atoms. The number of fused-ring (bicyclic) bond motifs is 1. The van der Waals surface area contributed by atoms with Crippen LogP contribution in [0.4, 0.5) is 11.8 Å². The molecule has 0 aliphatic carbocycles. The number of hydrogen-bond acceptors (Lipinski definition) is 7. The Morgan fingerprint density at radius 3 is 2.53 bits per heavy atom. The molecule has 1 fully saturated rings. The zero-order chi connectivity index (χ0) is 21.9. The van der Waals surface area contributed by atoms with E-state index in [2.05, 4.69) is 20.3 Å². The van der Waals surface area contributed by atoms with Crippen molar-refractivity contribution in [3.8, 4) is 16.9 Å². The first-order valence-electron chi connectivity index (χ1n) is 10.6. The second-order valence-electron chi connectivity index (χ2n) is 7.59. The van der Waals surface area contributed by atoms with Crippen LogP contribution in [0.2, 0.25) is 5.02 Å². The minimum absolute atomic E-state index is 0.473. The van der Waals surface area contributed by atoms with Gasteiger partial charge in [-0.3, -0.25) is 4.90 Å². The Hall–Kier alpha value is -3.20. The summed E-state index contributed by atoms with van der Waals surface area (Å²) >= 11 is 6.53. The van der Waals surface area contributed by atoms with Gasteiger partial charge >= 0.3 is 0 Å². The molecule has 9 heteroatoms. The zero-order valence-corrected chi connectivity index (χ0v) is 18.3. The summed E-state index contributed by atoms with van der Waals surface area (Å²) in [4.78, 5) is 11.8. The van der Waals surface area contributed by atoms with Crippen molar-refractivity contribution in [3.05, 3.63) is 59.6 Å². The molecule has 1 saturated heterocycles. The first-order chi connectivity index (χ1) is 15.7. The highest BCUT2D eigenvalue weighted by Gasteiger charge is 2.20.